The van der Waals surface area contributed by atoms with Gasteiger partial charge < -0.3 is 20.3 Å². The van der Waals surface area contributed by atoms with Gasteiger partial charge in [-0.15, -0.1) is 11.3 Å². The van der Waals surface area contributed by atoms with E-state index in [1.165, 1.54) is 11.3 Å². The Labute approximate surface area is 162 Å². The van der Waals surface area contributed by atoms with Gasteiger partial charge in [-0.3, -0.25) is 9.59 Å². The molecule has 2 N–H and O–H groups in total. The maximum Gasteiger partial charge on any atom is 0.273 e. The van der Waals surface area contributed by atoms with Crippen molar-refractivity contribution in [2.75, 3.05) is 32.6 Å². The number of hydrogen-bond acceptors (Lipinski definition) is 6. The third-order valence-electron chi connectivity index (χ3n) is 4.86. The fourth-order valence-electron chi connectivity index (χ4n) is 3.34. The summed E-state index contributed by atoms with van der Waals surface area (Å²) in [6, 6.07) is 7.50. The van der Waals surface area contributed by atoms with Crippen molar-refractivity contribution in [2.45, 2.75) is 25.3 Å². The largest absolute Gasteiger partial charge is 0.497 e. The second kappa shape index (κ2) is 7.96. The van der Waals surface area contributed by atoms with Gasteiger partial charge in [0.15, 0.2) is 0 Å². The number of rotatable bonds is 5. The maximum absolute atomic E-state index is 12.7. The molecule has 0 atom stereocenters. The summed E-state index contributed by atoms with van der Waals surface area (Å²) >= 11 is 1.46. The van der Waals surface area contributed by atoms with E-state index in [9.17, 15) is 9.59 Å². The lowest BCUT2D eigenvalue weighted by Crippen LogP contribution is -2.58. The van der Waals surface area contributed by atoms with E-state index in [2.05, 4.69) is 15.6 Å². The van der Waals surface area contributed by atoms with Crippen LogP contribution in [0.5, 0.6) is 5.75 Å². The number of carbonyl (C=O) groups excluding carboxylic acids is 2. The molecule has 1 fully saturated rings. The number of benzene rings is 1. The van der Waals surface area contributed by atoms with E-state index in [-0.39, 0.29) is 11.8 Å². The van der Waals surface area contributed by atoms with Gasteiger partial charge in [-0.1, -0.05) is 6.07 Å². The molecule has 27 heavy (non-hydrogen) atoms. The number of aryl methyl sites for hydroxylation is 1. The molecule has 0 radical (unpaired) electrons. The van der Waals surface area contributed by atoms with Crippen molar-refractivity contribution in [3.05, 3.63) is 40.3 Å². The summed E-state index contributed by atoms with van der Waals surface area (Å²) in [6.07, 6.45) is 1.03. The van der Waals surface area contributed by atoms with E-state index in [1.807, 2.05) is 31.2 Å². The van der Waals surface area contributed by atoms with Crippen molar-refractivity contribution < 1.29 is 14.3 Å². The van der Waals surface area contributed by atoms with E-state index in [0.29, 0.717) is 31.6 Å². The molecule has 1 aromatic heterocycles. The Kier molecular flexibility index (Phi) is 5.65. The second-order valence-electron chi connectivity index (χ2n) is 6.56. The van der Waals surface area contributed by atoms with E-state index >= 15 is 0 Å². The third-order valence-corrected chi connectivity index (χ3v) is 5.63. The average Bonchev–Trinajstić information content (AvgIpc) is 3.13. The molecule has 7 nitrogen and oxygen atoms in total. The number of nitrogens with zero attached hydrogens (tertiary/aromatic N) is 2. The number of aromatic nitrogens is 1. The fourth-order valence-corrected chi connectivity index (χ4v) is 3.93. The van der Waals surface area contributed by atoms with E-state index in [1.54, 1.807) is 24.4 Å². The molecular formula is C19H24N4O3S. The number of hydrogen-bond donors (Lipinski definition) is 2. The van der Waals surface area contributed by atoms with Gasteiger partial charge in [-0.05, 0) is 31.9 Å². The second-order valence-corrected chi connectivity index (χ2v) is 7.62. The minimum atomic E-state index is -0.768. The number of thiazole rings is 1. The molecule has 0 aliphatic carbocycles. The van der Waals surface area contributed by atoms with Crippen LogP contribution in [0.2, 0.25) is 0 Å². The smallest absolute Gasteiger partial charge is 0.273 e. The van der Waals surface area contributed by atoms with E-state index < -0.39 is 5.54 Å². The number of likely N-dealkylation sites (tertiary alicyclic amines) is 1. The number of nitrogens with one attached hydrogen (secondary N) is 2. The summed E-state index contributed by atoms with van der Waals surface area (Å²) in [7, 11) is 3.24. The predicted molar refractivity (Wildman–Crippen MR) is 105 cm³/mol. The van der Waals surface area contributed by atoms with Gasteiger partial charge in [0.1, 0.15) is 17.0 Å². The van der Waals surface area contributed by atoms with Crippen LogP contribution in [0.3, 0.4) is 0 Å². The number of carbonyl (C=O) groups is 2. The highest BCUT2D eigenvalue weighted by molar-refractivity contribution is 7.09. The monoisotopic (exact) mass is 388 g/mol. The Bertz CT molecular complexity index is 828. The van der Waals surface area contributed by atoms with Gasteiger partial charge in [0.25, 0.3) is 5.91 Å². The fraction of sp³-hybridized carbons (Fsp3) is 0.421. The van der Waals surface area contributed by atoms with E-state index in [4.69, 9.17) is 4.74 Å². The molecule has 0 spiro atoms. The average molecular weight is 388 g/mol. The van der Waals surface area contributed by atoms with Gasteiger partial charge >= 0.3 is 0 Å². The van der Waals surface area contributed by atoms with Crippen LogP contribution in [0, 0.1) is 6.92 Å². The first kappa shape index (κ1) is 19.2. The van der Waals surface area contributed by atoms with Crippen LogP contribution < -0.4 is 15.4 Å². The van der Waals surface area contributed by atoms with E-state index in [0.717, 1.165) is 16.4 Å². The van der Waals surface area contributed by atoms with Gasteiger partial charge in [-0.2, -0.15) is 0 Å². The van der Waals surface area contributed by atoms with Gasteiger partial charge in [0.05, 0.1) is 12.1 Å². The molecule has 3 rings (SSSR count). The molecule has 1 aliphatic heterocycles. The first-order valence-electron chi connectivity index (χ1n) is 8.83. The minimum Gasteiger partial charge on any atom is -0.497 e. The molecule has 0 saturated carbocycles. The molecule has 2 aromatic rings. The summed E-state index contributed by atoms with van der Waals surface area (Å²) in [5, 5.41) is 8.79. The van der Waals surface area contributed by atoms with Crippen LogP contribution >= 0.6 is 11.3 Å². The van der Waals surface area contributed by atoms with Crippen LogP contribution in [0.1, 0.15) is 28.3 Å². The third kappa shape index (κ3) is 4.05. The lowest BCUT2D eigenvalue weighted by Gasteiger charge is -2.41. The summed E-state index contributed by atoms with van der Waals surface area (Å²) < 4.78 is 5.26. The van der Waals surface area contributed by atoms with Crippen LogP contribution in [0.25, 0.3) is 0 Å². The zero-order valence-electron chi connectivity index (χ0n) is 15.7. The normalized spacial score (nSPS) is 15.9. The lowest BCUT2D eigenvalue weighted by molar-refractivity contribution is -0.126. The molecule has 144 valence electrons. The maximum atomic E-state index is 12.7. The quantitative estimate of drug-likeness (QED) is 0.821. The summed E-state index contributed by atoms with van der Waals surface area (Å²) in [5.41, 5.74) is 0.522. The SMILES string of the molecule is CNC(=O)C1(Nc2cccc(OC)c2)CCN(C(=O)c2csc(C)n2)CC1. The van der Waals surface area contributed by atoms with Crippen molar-refractivity contribution in [1.29, 1.82) is 0 Å². The molecule has 8 heteroatoms. The Hall–Kier alpha value is -2.61. The first-order chi connectivity index (χ1) is 13.0. The number of likely N-dealkylation sites (N-methyl/N-ethyl adjacent to an activating group) is 1. The predicted octanol–water partition coefficient (Wildman–Crippen LogP) is 2.29. The van der Waals surface area contributed by atoms with Crippen LogP contribution in [0.15, 0.2) is 29.6 Å². The van der Waals surface area contributed by atoms with Crippen LogP contribution in [-0.4, -0.2) is 54.5 Å². The number of methoxy groups -OCH3 is 1. The van der Waals surface area contributed by atoms with Gasteiger partial charge in [0.2, 0.25) is 5.91 Å². The van der Waals surface area contributed by atoms with Gasteiger partial charge in [0, 0.05) is 37.3 Å². The Morgan fingerprint density at radius 2 is 2.04 bits per heavy atom. The Morgan fingerprint density at radius 1 is 1.30 bits per heavy atom. The summed E-state index contributed by atoms with van der Waals surface area (Å²) in [5.74, 6) is 0.562. The highest BCUT2D eigenvalue weighted by Gasteiger charge is 2.42. The number of amides is 2. The molecule has 2 amide bonds. The van der Waals surface area contributed by atoms with Gasteiger partial charge in [-0.25, -0.2) is 4.98 Å². The highest BCUT2D eigenvalue weighted by atomic mass is 32.1. The topological polar surface area (TPSA) is 83.6 Å². The molecule has 0 unspecified atom stereocenters. The Balaban J connectivity index is 1.75. The van der Waals surface area contributed by atoms with Crippen molar-refractivity contribution in [3.8, 4) is 5.75 Å². The molecule has 1 saturated heterocycles. The van der Waals surface area contributed by atoms with Crippen molar-refractivity contribution in [1.82, 2.24) is 15.2 Å². The lowest BCUT2D eigenvalue weighted by atomic mass is 9.85. The standard InChI is InChI=1S/C19H24N4O3S/c1-13-21-16(12-27-13)17(24)23-9-7-19(8-10-23,18(25)20-2)22-14-5-4-6-15(11-14)26-3/h4-6,11-12,22H,7-10H2,1-3H3,(H,20,25). The van der Waals surface area contributed by atoms with Crippen molar-refractivity contribution in [2.24, 2.45) is 0 Å². The zero-order chi connectivity index (χ0) is 19.4. The molecule has 1 aromatic carbocycles. The summed E-state index contributed by atoms with van der Waals surface area (Å²) in [4.78, 5) is 31.4. The van der Waals surface area contributed by atoms with Crippen molar-refractivity contribution in [3.63, 3.8) is 0 Å². The zero-order valence-corrected chi connectivity index (χ0v) is 16.6. The molecule has 2 heterocycles. The molecule has 0 bridgehead atoms. The number of piperidine rings is 1. The van der Waals surface area contributed by atoms with Crippen molar-refractivity contribution >= 4 is 28.8 Å². The Morgan fingerprint density at radius 3 is 2.63 bits per heavy atom. The molecule has 1 aliphatic rings. The van der Waals surface area contributed by atoms with Crippen LogP contribution in [-0.2, 0) is 4.79 Å². The first-order valence-corrected chi connectivity index (χ1v) is 9.71. The minimum absolute atomic E-state index is 0.0776. The molecular weight excluding hydrogens is 364 g/mol. The number of ether oxygens (including phenoxy) is 1. The number of anilines is 1. The summed E-state index contributed by atoms with van der Waals surface area (Å²) in [6.45, 7) is 2.85. The van der Waals surface area contributed by atoms with Crippen LogP contribution in [0.4, 0.5) is 5.69 Å². The highest BCUT2D eigenvalue weighted by Crippen LogP contribution is 2.30.